The van der Waals surface area contributed by atoms with Crippen molar-refractivity contribution in [2.75, 3.05) is 13.2 Å². The molecule has 0 saturated heterocycles. The second-order valence-corrected chi connectivity index (χ2v) is 4.55. The normalized spacial score (nSPS) is 11.0. The van der Waals surface area contributed by atoms with Crippen LogP contribution < -0.4 is 9.47 Å². The molecule has 0 aliphatic rings. The van der Waals surface area contributed by atoms with Crippen LogP contribution in [0.3, 0.4) is 0 Å². The summed E-state index contributed by atoms with van der Waals surface area (Å²) in [6.07, 6.45) is -3.74. The SMILES string of the molecule is CCOC(=O)COc1ccc(Oc2ccc(C(F)(F)F)cn2)cc1. The summed E-state index contributed by atoms with van der Waals surface area (Å²) in [6, 6.07) is 8.21. The zero-order chi connectivity index (χ0) is 17.6. The molecule has 1 heterocycles. The standard InChI is InChI=1S/C16H14F3NO4/c1-2-22-15(21)10-23-12-4-6-13(7-5-12)24-14-8-3-11(9-20-14)16(17,18)19/h3-9H,2,10H2,1H3. The zero-order valence-electron chi connectivity index (χ0n) is 12.7. The monoisotopic (exact) mass is 341 g/mol. The topological polar surface area (TPSA) is 57.7 Å². The number of halogens is 3. The summed E-state index contributed by atoms with van der Waals surface area (Å²) in [5.74, 6) is 0.344. The molecular weight excluding hydrogens is 327 g/mol. The van der Waals surface area contributed by atoms with Crippen molar-refractivity contribution in [2.24, 2.45) is 0 Å². The zero-order valence-corrected chi connectivity index (χ0v) is 12.7. The second-order valence-electron chi connectivity index (χ2n) is 4.55. The van der Waals surface area contributed by atoms with Gasteiger partial charge in [-0.2, -0.15) is 13.2 Å². The lowest BCUT2D eigenvalue weighted by molar-refractivity contribution is -0.145. The van der Waals surface area contributed by atoms with Gasteiger partial charge in [-0.25, -0.2) is 9.78 Å². The van der Waals surface area contributed by atoms with Crippen molar-refractivity contribution < 1.29 is 32.2 Å². The maximum Gasteiger partial charge on any atom is 0.417 e. The Bertz CT molecular complexity index is 669. The first-order valence-electron chi connectivity index (χ1n) is 6.98. The molecule has 0 radical (unpaired) electrons. The Balaban J connectivity index is 1.93. The van der Waals surface area contributed by atoms with E-state index in [1.54, 1.807) is 31.2 Å². The van der Waals surface area contributed by atoms with E-state index in [0.29, 0.717) is 17.7 Å². The molecule has 1 aromatic heterocycles. The third-order valence-corrected chi connectivity index (χ3v) is 2.77. The average molecular weight is 341 g/mol. The molecule has 0 aliphatic heterocycles. The maximum absolute atomic E-state index is 12.4. The summed E-state index contributed by atoms with van der Waals surface area (Å²) in [5, 5.41) is 0. The second kappa shape index (κ2) is 7.67. The highest BCUT2D eigenvalue weighted by atomic mass is 19.4. The number of hydrogen-bond donors (Lipinski definition) is 0. The molecule has 0 aliphatic carbocycles. The minimum absolute atomic E-state index is 0.0307. The van der Waals surface area contributed by atoms with Gasteiger partial charge in [0, 0.05) is 12.3 Å². The van der Waals surface area contributed by atoms with Crippen LogP contribution in [0.4, 0.5) is 13.2 Å². The number of hydrogen-bond acceptors (Lipinski definition) is 5. The number of alkyl halides is 3. The smallest absolute Gasteiger partial charge is 0.417 e. The highest BCUT2D eigenvalue weighted by Crippen LogP contribution is 2.30. The van der Waals surface area contributed by atoms with Crippen molar-refractivity contribution in [3.05, 3.63) is 48.2 Å². The van der Waals surface area contributed by atoms with Gasteiger partial charge >= 0.3 is 12.1 Å². The van der Waals surface area contributed by atoms with Crippen molar-refractivity contribution in [3.63, 3.8) is 0 Å². The number of nitrogens with zero attached hydrogens (tertiary/aromatic N) is 1. The van der Waals surface area contributed by atoms with Gasteiger partial charge < -0.3 is 14.2 Å². The van der Waals surface area contributed by atoms with Gasteiger partial charge in [0.25, 0.3) is 0 Å². The van der Waals surface area contributed by atoms with Gasteiger partial charge in [-0.05, 0) is 37.3 Å². The fourth-order valence-electron chi connectivity index (χ4n) is 1.68. The quantitative estimate of drug-likeness (QED) is 0.747. The molecule has 0 spiro atoms. The molecule has 8 heteroatoms. The number of pyridine rings is 1. The van der Waals surface area contributed by atoms with Crippen molar-refractivity contribution >= 4 is 5.97 Å². The van der Waals surface area contributed by atoms with Crippen molar-refractivity contribution in [3.8, 4) is 17.4 Å². The Kier molecular flexibility index (Phi) is 5.62. The van der Waals surface area contributed by atoms with Crippen LogP contribution in [-0.2, 0) is 15.7 Å². The van der Waals surface area contributed by atoms with E-state index in [2.05, 4.69) is 4.98 Å². The Hall–Kier alpha value is -2.77. The molecule has 0 fully saturated rings. The van der Waals surface area contributed by atoms with Crippen molar-refractivity contribution in [1.82, 2.24) is 4.98 Å². The van der Waals surface area contributed by atoms with Gasteiger partial charge in [-0.3, -0.25) is 0 Å². The van der Waals surface area contributed by atoms with Crippen LogP contribution in [0.2, 0.25) is 0 Å². The molecule has 0 unspecified atom stereocenters. The van der Waals surface area contributed by atoms with Gasteiger partial charge in [0.15, 0.2) is 6.61 Å². The molecule has 1 aromatic carbocycles. The Labute approximate surface area is 136 Å². The third-order valence-electron chi connectivity index (χ3n) is 2.77. The molecule has 0 N–H and O–H groups in total. The van der Waals surface area contributed by atoms with Crippen LogP contribution >= 0.6 is 0 Å². The number of aromatic nitrogens is 1. The summed E-state index contributed by atoms with van der Waals surface area (Å²) >= 11 is 0. The molecule has 5 nitrogen and oxygen atoms in total. The summed E-state index contributed by atoms with van der Waals surface area (Å²) in [5.41, 5.74) is -0.849. The van der Waals surface area contributed by atoms with E-state index < -0.39 is 17.7 Å². The Morgan fingerprint density at radius 2 is 1.75 bits per heavy atom. The molecule has 0 atom stereocenters. The van der Waals surface area contributed by atoms with Gasteiger partial charge in [0.2, 0.25) is 5.88 Å². The van der Waals surface area contributed by atoms with E-state index >= 15 is 0 Å². The minimum Gasteiger partial charge on any atom is -0.482 e. The van der Waals surface area contributed by atoms with Crippen LogP contribution in [0.15, 0.2) is 42.6 Å². The van der Waals surface area contributed by atoms with Crippen molar-refractivity contribution in [2.45, 2.75) is 13.1 Å². The van der Waals surface area contributed by atoms with Gasteiger partial charge in [-0.1, -0.05) is 0 Å². The van der Waals surface area contributed by atoms with Crippen LogP contribution in [0.1, 0.15) is 12.5 Å². The largest absolute Gasteiger partial charge is 0.482 e. The lowest BCUT2D eigenvalue weighted by atomic mass is 10.3. The number of carbonyl (C=O) groups is 1. The third kappa shape index (κ3) is 5.15. The van der Waals surface area contributed by atoms with E-state index in [0.717, 1.165) is 12.1 Å². The molecule has 2 rings (SSSR count). The summed E-state index contributed by atoms with van der Waals surface area (Å²) in [7, 11) is 0. The molecular formula is C16H14F3NO4. The number of ether oxygens (including phenoxy) is 3. The fraction of sp³-hybridized carbons (Fsp3) is 0.250. The lowest BCUT2D eigenvalue weighted by Gasteiger charge is -2.09. The predicted octanol–water partition coefficient (Wildman–Crippen LogP) is 3.83. The lowest BCUT2D eigenvalue weighted by Crippen LogP contribution is -2.14. The van der Waals surface area contributed by atoms with Crippen molar-refractivity contribution in [1.29, 1.82) is 0 Å². The molecule has 0 amide bonds. The minimum atomic E-state index is -4.44. The molecule has 2 aromatic rings. The first-order chi connectivity index (χ1) is 11.4. The highest BCUT2D eigenvalue weighted by Gasteiger charge is 2.30. The molecule has 0 bridgehead atoms. The average Bonchev–Trinajstić information content (AvgIpc) is 2.54. The number of benzene rings is 1. The Morgan fingerprint density at radius 3 is 2.29 bits per heavy atom. The van der Waals surface area contributed by atoms with Gasteiger partial charge in [0.05, 0.1) is 12.2 Å². The first kappa shape index (κ1) is 17.6. The molecule has 0 saturated carbocycles. The summed E-state index contributed by atoms with van der Waals surface area (Å²) in [6.45, 7) is 1.75. The summed E-state index contributed by atoms with van der Waals surface area (Å²) in [4.78, 5) is 14.8. The van der Waals surface area contributed by atoms with Crippen LogP contribution in [0, 0.1) is 0 Å². The van der Waals surface area contributed by atoms with E-state index in [-0.39, 0.29) is 19.1 Å². The number of esters is 1. The highest BCUT2D eigenvalue weighted by molar-refractivity contribution is 5.71. The maximum atomic E-state index is 12.4. The number of rotatable bonds is 6. The van der Waals surface area contributed by atoms with Crippen LogP contribution in [-0.4, -0.2) is 24.2 Å². The van der Waals surface area contributed by atoms with Gasteiger partial charge in [0.1, 0.15) is 11.5 Å². The molecule has 24 heavy (non-hydrogen) atoms. The van der Waals surface area contributed by atoms with E-state index in [9.17, 15) is 18.0 Å². The van der Waals surface area contributed by atoms with Crippen LogP contribution in [0.5, 0.6) is 17.4 Å². The Morgan fingerprint density at radius 1 is 1.08 bits per heavy atom. The predicted molar refractivity (Wildman–Crippen MR) is 77.9 cm³/mol. The van der Waals surface area contributed by atoms with E-state index in [4.69, 9.17) is 14.2 Å². The van der Waals surface area contributed by atoms with Crippen LogP contribution in [0.25, 0.3) is 0 Å². The molecule has 128 valence electrons. The van der Waals surface area contributed by atoms with Gasteiger partial charge in [-0.15, -0.1) is 0 Å². The fourth-order valence-corrected chi connectivity index (χ4v) is 1.68. The first-order valence-corrected chi connectivity index (χ1v) is 6.98. The van der Waals surface area contributed by atoms with E-state index in [1.807, 2.05) is 0 Å². The number of carbonyl (C=O) groups excluding carboxylic acids is 1. The van der Waals surface area contributed by atoms with E-state index in [1.165, 1.54) is 0 Å². The summed E-state index contributed by atoms with van der Waals surface area (Å²) < 4.78 is 52.6.